The third-order valence-electron chi connectivity index (χ3n) is 9.94. The molecule has 4 rings (SSSR count). The fraction of sp³-hybridized carbons (Fsp3) is 0.778. The standard InChI is InChI=1S/C27H44O5Si/c1-23(2,3)33(7,8)30-22-13-11-12-20(18-22)27(29-17-10-9-16-28)26(31-32-27)19-21-14-15-25(26,6)24(21,4)5/h11-13,18,21,28H,9-10,14-17,19H2,1-8H3. The lowest BCUT2D eigenvalue weighted by molar-refractivity contribution is -0.639. The molecule has 1 spiro atoms. The van der Waals surface area contributed by atoms with Gasteiger partial charge in [0, 0.05) is 17.6 Å². The number of aliphatic hydroxyl groups is 1. The van der Waals surface area contributed by atoms with Crippen molar-refractivity contribution in [2.75, 3.05) is 13.2 Å². The SMILES string of the molecule is CC1(C)C2CCC1(C)C1(C2)OOC1(OCCCCO)c1cccc(O[Si](C)(C)C(C)(C)C)c1. The molecule has 3 fully saturated rings. The number of ether oxygens (including phenoxy) is 1. The van der Waals surface area contributed by atoms with Crippen LogP contribution in [0.5, 0.6) is 5.75 Å². The molecule has 2 saturated carbocycles. The average Bonchev–Trinajstić information content (AvgIpc) is 3.05. The highest BCUT2D eigenvalue weighted by molar-refractivity contribution is 6.74. The smallest absolute Gasteiger partial charge is 0.261 e. The molecular weight excluding hydrogens is 432 g/mol. The van der Waals surface area contributed by atoms with Crippen LogP contribution in [0.25, 0.3) is 0 Å². The van der Waals surface area contributed by atoms with Crippen molar-refractivity contribution >= 4 is 8.32 Å². The van der Waals surface area contributed by atoms with E-state index in [-0.39, 0.29) is 22.5 Å². The van der Waals surface area contributed by atoms with Crippen LogP contribution in [0, 0.1) is 16.7 Å². The quantitative estimate of drug-likeness (QED) is 0.262. The van der Waals surface area contributed by atoms with E-state index in [4.69, 9.17) is 18.9 Å². The summed E-state index contributed by atoms with van der Waals surface area (Å²) in [6.07, 6.45) is 4.76. The minimum Gasteiger partial charge on any atom is -0.543 e. The lowest BCUT2D eigenvalue weighted by Crippen LogP contribution is -2.72. The van der Waals surface area contributed by atoms with E-state index in [9.17, 15) is 5.11 Å². The Bertz CT molecular complexity index is 878. The van der Waals surface area contributed by atoms with E-state index < -0.39 is 19.7 Å². The third kappa shape index (κ3) is 3.47. The number of fused-ring (bicyclic) bond motifs is 3. The summed E-state index contributed by atoms with van der Waals surface area (Å²) >= 11 is 0. The summed E-state index contributed by atoms with van der Waals surface area (Å²) in [6, 6.07) is 8.30. The van der Waals surface area contributed by atoms with E-state index in [2.05, 4.69) is 66.8 Å². The Balaban J connectivity index is 1.73. The van der Waals surface area contributed by atoms with Crippen molar-refractivity contribution in [3.63, 3.8) is 0 Å². The molecule has 4 atom stereocenters. The zero-order valence-corrected chi connectivity index (χ0v) is 22.9. The molecule has 186 valence electrons. The zero-order valence-electron chi connectivity index (χ0n) is 21.9. The Morgan fingerprint density at radius 3 is 2.36 bits per heavy atom. The summed E-state index contributed by atoms with van der Waals surface area (Å²) in [4.78, 5) is 12.2. The number of unbranched alkanes of at least 4 members (excludes halogenated alkanes) is 1. The Morgan fingerprint density at radius 1 is 1.12 bits per heavy atom. The van der Waals surface area contributed by atoms with Gasteiger partial charge in [0.2, 0.25) is 8.32 Å². The molecule has 0 aromatic heterocycles. The van der Waals surface area contributed by atoms with Gasteiger partial charge >= 0.3 is 0 Å². The summed E-state index contributed by atoms with van der Waals surface area (Å²) in [5.74, 6) is 0.491. The zero-order chi connectivity index (χ0) is 24.3. The maximum atomic E-state index is 9.27. The van der Waals surface area contributed by atoms with Gasteiger partial charge in [0.15, 0.2) is 5.60 Å². The van der Waals surface area contributed by atoms with Gasteiger partial charge in [-0.25, -0.2) is 4.89 Å². The van der Waals surface area contributed by atoms with E-state index in [1.807, 2.05) is 12.1 Å². The van der Waals surface area contributed by atoms with Gasteiger partial charge < -0.3 is 14.3 Å². The minimum absolute atomic E-state index is 0.0593. The molecule has 1 aliphatic heterocycles. The topological polar surface area (TPSA) is 57.2 Å². The Kier molecular flexibility index (Phi) is 6.15. The summed E-state index contributed by atoms with van der Waals surface area (Å²) in [5, 5.41) is 9.38. The number of hydrogen-bond donors (Lipinski definition) is 1. The van der Waals surface area contributed by atoms with Gasteiger partial charge in [-0.05, 0) is 73.7 Å². The lowest BCUT2D eigenvalue weighted by atomic mass is 9.60. The van der Waals surface area contributed by atoms with Crippen LogP contribution in [-0.4, -0.2) is 32.2 Å². The van der Waals surface area contributed by atoms with Crippen LogP contribution in [0.1, 0.15) is 79.2 Å². The fourth-order valence-corrected chi connectivity index (χ4v) is 7.26. The fourth-order valence-electron chi connectivity index (χ4n) is 6.24. The molecule has 1 N–H and O–H groups in total. The molecule has 1 aromatic rings. The van der Waals surface area contributed by atoms with Crippen molar-refractivity contribution in [2.45, 2.75) is 103 Å². The highest BCUT2D eigenvalue weighted by Gasteiger charge is 2.83. The van der Waals surface area contributed by atoms with Gasteiger partial charge in [-0.1, -0.05) is 53.7 Å². The normalized spacial score (nSPS) is 35.1. The summed E-state index contributed by atoms with van der Waals surface area (Å²) in [7, 11) is -1.99. The molecule has 2 aliphatic carbocycles. The first-order valence-corrected chi connectivity index (χ1v) is 15.6. The predicted molar refractivity (Wildman–Crippen MR) is 132 cm³/mol. The van der Waals surface area contributed by atoms with Gasteiger partial charge in [0.05, 0.1) is 6.61 Å². The second-order valence-corrected chi connectivity index (χ2v) is 17.5. The molecular formula is C27H44O5Si. The molecule has 1 heterocycles. The molecule has 0 radical (unpaired) electrons. The van der Waals surface area contributed by atoms with E-state index in [1.165, 1.54) is 6.42 Å². The van der Waals surface area contributed by atoms with E-state index in [0.29, 0.717) is 18.9 Å². The first-order chi connectivity index (χ1) is 15.3. The molecule has 33 heavy (non-hydrogen) atoms. The minimum atomic E-state index is -1.99. The van der Waals surface area contributed by atoms with Crippen LogP contribution in [0.2, 0.25) is 18.1 Å². The molecule has 4 unspecified atom stereocenters. The van der Waals surface area contributed by atoms with Crippen molar-refractivity contribution in [3.05, 3.63) is 29.8 Å². The van der Waals surface area contributed by atoms with Crippen LogP contribution < -0.4 is 4.43 Å². The largest absolute Gasteiger partial charge is 0.543 e. The Hall–Kier alpha value is -0.923. The molecule has 5 nitrogen and oxygen atoms in total. The highest BCUT2D eigenvalue weighted by Crippen LogP contribution is 2.77. The lowest BCUT2D eigenvalue weighted by Gasteiger charge is -2.62. The van der Waals surface area contributed by atoms with Crippen LogP contribution in [0.3, 0.4) is 0 Å². The molecule has 1 aromatic carbocycles. The van der Waals surface area contributed by atoms with Crippen LogP contribution >= 0.6 is 0 Å². The summed E-state index contributed by atoms with van der Waals surface area (Å²) in [6.45, 7) is 19.1. The van der Waals surface area contributed by atoms with Gasteiger partial charge in [-0.15, -0.1) is 0 Å². The van der Waals surface area contributed by atoms with Gasteiger partial charge in [-0.3, -0.25) is 0 Å². The molecule has 3 aliphatic rings. The summed E-state index contributed by atoms with van der Waals surface area (Å²) in [5.41, 5.74) is 0.530. The number of aliphatic hydroxyl groups excluding tert-OH is 1. The predicted octanol–water partition coefficient (Wildman–Crippen LogP) is 6.56. The molecule has 6 heteroatoms. The second kappa shape index (κ2) is 8.06. The maximum absolute atomic E-state index is 9.27. The molecule has 1 saturated heterocycles. The Morgan fingerprint density at radius 2 is 1.85 bits per heavy atom. The second-order valence-electron chi connectivity index (χ2n) is 12.8. The van der Waals surface area contributed by atoms with Crippen molar-refractivity contribution in [1.29, 1.82) is 0 Å². The Labute approximate surface area is 201 Å². The average molecular weight is 477 g/mol. The number of hydrogen-bond acceptors (Lipinski definition) is 5. The monoisotopic (exact) mass is 476 g/mol. The maximum Gasteiger partial charge on any atom is 0.261 e. The van der Waals surface area contributed by atoms with Crippen LogP contribution in [-0.2, 0) is 20.3 Å². The van der Waals surface area contributed by atoms with Crippen molar-refractivity contribution in [2.24, 2.45) is 16.7 Å². The highest BCUT2D eigenvalue weighted by atomic mass is 28.4. The third-order valence-corrected chi connectivity index (χ3v) is 14.3. The van der Waals surface area contributed by atoms with Crippen molar-refractivity contribution < 1.29 is 24.0 Å². The van der Waals surface area contributed by atoms with Gasteiger partial charge in [-0.2, -0.15) is 4.89 Å². The first-order valence-electron chi connectivity index (χ1n) is 12.7. The summed E-state index contributed by atoms with van der Waals surface area (Å²) < 4.78 is 13.3. The molecule has 0 amide bonds. The van der Waals surface area contributed by atoms with Crippen molar-refractivity contribution in [3.8, 4) is 5.75 Å². The number of benzene rings is 1. The first kappa shape index (κ1) is 25.2. The van der Waals surface area contributed by atoms with Crippen molar-refractivity contribution in [1.82, 2.24) is 0 Å². The van der Waals surface area contributed by atoms with E-state index in [0.717, 1.165) is 30.6 Å². The number of rotatable bonds is 8. The van der Waals surface area contributed by atoms with Gasteiger partial charge in [0.25, 0.3) is 5.79 Å². The molecule has 2 bridgehead atoms. The van der Waals surface area contributed by atoms with E-state index >= 15 is 0 Å². The van der Waals surface area contributed by atoms with Crippen LogP contribution in [0.4, 0.5) is 0 Å². The van der Waals surface area contributed by atoms with Crippen LogP contribution in [0.15, 0.2) is 24.3 Å². The van der Waals surface area contributed by atoms with E-state index in [1.54, 1.807) is 0 Å². The van der Waals surface area contributed by atoms with Gasteiger partial charge in [0.1, 0.15) is 5.75 Å².